The molecule has 0 saturated carbocycles. The first-order valence-corrected chi connectivity index (χ1v) is 9.28. The topological polar surface area (TPSA) is 58.6 Å². The van der Waals surface area contributed by atoms with Crippen LogP contribution in [0.25, 0.3) is 0 Å². The third-order valence-corrected chi connectivity index (χ3v) is 4.92. The van der Waals surface area contributed by atoms with Gasteiger partial charge < -0.3 is 15.0 Å². The summed E-state index contributed by atoms with van der Waals surface area (Å²) in [5, 5.41) is 3.00. The fraction of sp³-hybridized carbons (Fsp3) is 0.364. The second-order valence-electron chi connectivity index (χ2n) is 7.23. The molecule has 1 aliphatic rings. The highest BCUT2D eigenvalue weighted by molar-refractivity contribution is 5.95. The number of hydrogen-bond donors (Lipinski definition) is 1. The van der Waals surface area contributed by atoms with E-state index in [1.54, 1.807) is 12.0 Å². The van der Waals surface area contributed by atoms with Crippen molar-refractivity contribution in [2.75, 3.05) is 20.2 Å². The van der Waals surface area contributed by atoms with Crippen LogP contribution in [0.5, 0.6) is 5.75 Å². The molecular formula is C22H26N2O3. The molecule has 2 amide bonds. The van der Waals surface area contributed by atoms with Crippen molar-refractivity contribution in [1.29, 1.82) is 0 Å². The molecule has 27 heavy (non-hydrogen) atoms. The highest BCUT2D eigenvalue weighted by Crippen LogP contribution is 2.35. The zero-order valence-electron chi connectivity index (χ0n) is 16.0. The van der Waals surface area contributed by atoms with Gasteiger partial charge in [-0.2, -0.15) is 0 Å². The average molecular weight is 366 g/mol. The number of amides is 2. The molecule has 2 aromatic carbocycles. The molecule has 2 aromatic rings. The van der Waals surface area contributed by atoms with Crippen molar-refractivity contribution in [1.82, 2.24) is 10.2 Å². The zero-order valence-corrected chi connectivity index (χ0v) is 16.0. The van der Waals surface area contributed by atoms with Crippen LogP contribution in [0.15, 0.2) is 54.6 Å². The van der Waals surface area contributed by atoms with Gasteiger partial charge in [-0.15, -0.1) is 0 Å². The Morgan fingerprint density at radius 2 is 1.81 bits per heavy atom. The minimum Gasteiger partial charge on any atom is -0.497 e. The van der Waals surface area contributed by atoms with Crippen LogP contribution in [0.1, 0.15) is 35.7 Å². The van der Waals surface area contributed by atoms with Gasteiger partial charge in [0.15, 0.2) is 0 Å². The zero-order chi connectivity index (χ0) is 19.4. The fourth-order valence-corrected chi connectivity index (χ4v) is 3.60. The van der Waals surface area contributed by atoms with Crippen molar-refractivity contribution in [3.8, 4) is 5.75 Å². The normalized spacial score (nSPS) is 19.2. The number of likely N-dealkylation sites (tertiary alicyclic amines) is 1. The van der Waals surface area contributed by atoms with E-state index in [1.165, 1.54) is 0 Å². The number of methoxy groups -OCH3 is 1. The first kappa shape index (κ1) is 19.0. The number of ether oxygens (including phenoxy) is 1. The smallest absolute Gasteiger partial charge is 0.253 e. The molecule has 142 valence electrons. The molecular weight excluding hydrogens is 340 g/mol. The van der Waals surface area contributed by atoms with Gasteiger partial charge in [0.2, 0.25) is 5.91 Å². The lowest BCUT2D eigenvalue weighted by molar-refractivity contribution is -0.125. The van der Waals surface area contributed by atoms with E-state index in [2.05, 4.69) is 5.32 Å². The molecule has 0 aliphatic carbocycles. The quantitative estimate of drug-likeness (QED) is 0.885. The van der Waals surface area contributed by atoms with Crippen LogP contribution in [0.2, 0.25) is 0 Å². The molecule has 1 fully saturated rings. The van der Waals surface area contributed by atoms with Crippen LogP contribution in [0.4, 0.5) is 0 Å². The molecule has 1 N–H and O–H groups in total. The van der Waals surface area contributed by atoms with Crippen LogP contribution in [-0.4, -0.2) is 43.0 Å². The Morgan fingerprint density at radius 1 is 1.07 bits per heavy atom. The number of benzene rings is 2. The third-order valence-electron chi connectivity index (χ3n) is 4.92. The van der Waals surface area contributed by atoms with Gasteiger partial charge in [0, 0.05) is 30.6 Å². The van der Waals surface area contributed by atoms with Crippen molar-refractivity contribution < 1.29 is 14.3 Å². The summed E-state index contributed by atoms with van der Waals surface area (Å²) in [6.07, 6.45) is 0. The van der Waals surface area contributed by atoms with Gasteiger partial charge in [-0.1, -0.05) is 30.3 Å². The van der Waals surface area contributed by atoms with Crippen molar-refractivity contribution in [3.05, 3.63) is 65.7 Å². The maximum atomic E-state index is 12.9. The van der Waals surface area contributed by atoms with E-state index in [0.29, 0.717) is 18.7 Å². The lowest BCUT2D eigenvalue weighted by Gasteiger charge is -2.20. The van der Waals surface area contributed by atoms with Crippen molar-refractivity contribution in [3.63, 3.8) is 0 Å². The summed E-state index contributed by atoms with van der Waals surface area (Å²) in [5.74, 6) is 0.353. The Bertz CT molecular complexity index is 804. The summed E-state index contributed by atoms with van der Waals surface area (Å²) in [4.78, 5) is 27.5. The second kappa shape index (κ2) is 8.25. The van der Waals surface area contributed by atoms with Crippen LogP contribution >= 0.6 is 0 Å². The summed E-state index contributed by atoms with van der Waals surface area (Å²) in [6.45, 7) is 4.81. The molecule has 1 saturated heterocycles. The predicted octanol–water partition coefficient (Wildman–Crippen LogP) is 3.08. The Labute approximate surface area is 160 Å². The Balaban J connectivity index is 1.88. The highest BCUT2D eigenvalue weighted by atomic mass is 16.5. The first-order chi connectivity index (χ1) is 13.0. The number of hydrogen-bond acceptors (Lipinski definition) is 3. The Kier molecular flexibility index (Phi) is 5.79. The third kappa shape index (κ3) is 4.30. The highest BCUT2D eigenvalue weighted by Gasteiger charge is 2.40. The molecule has 5 heteroatoms. The lowest BCUT2D eigenvalue weighted by atomic mass is 9.88. The number of carbonyl (C=O) groups excluding carboxylic acids is 2. The summed E-state index contributed by atoms with van der Waals surface area (Å²) >= 11 is 0. The summed E-state index contributed by atoms with van der Waals surface area (Å²) < 4.78 is 5.34. The average Bonchev–Trinajstić information content (AvgIpc) is 3.13. The largest absolute Gasteiger partial charge is 0.497 e. The summed E-state index contributed by atoms with van der Waals surface area (Å²) in [6, 6.07) is 17.0. The van der Waals surface area contributed by atoms with E-state index in [9.17, 15) is 9.59 Å². The minimum atomic E-state index is -0.285. The molecule has 0 unspecified atom stereocenters. The summed E-state index contributed by atoms with van der Waals surface area (Å²) in [7, 11) is 1.63. The van der Waals surface area contributed by atoms with Crippen molar-refractivity contribution in [2.24, 2.45) is 5.92 Å². The van der Waals surface area contributed by atoms with Crippen molar-refractivity contribution in [2.45, 2.75) is 25.8 Å². The van der Waals surface area contributed by atoms with E-state index in [-0.39, 0.29) is 29.7 Å². The number of nitrogens with zero attached hydrogens (tertiary/aromatic N) is 1. The minimum absolute atomic E-state index is 0.0128. The van der Waals surface area contributed by atoms with E-state index < -0.39 is 0 Å². The maximum absolute atomic E-state index is 12.9. The molecule has 5 nitrogen and oxygen atoms in total. The van der Waals surface area contributed by atoms with E-state index >= 15 is 0 Å². The standard InChI is InChI=1S/C22H26N2O3/c1-15(2)23-21(25)20-14-24(22(26)16-8-5-4-6-9-16)13-19(20)17-10-7-11-18(12-17)27-3/h4-12,15,19-20H,13-14H2,1-3H3,(H,23,25)/t19-,20-/m1/s1. The molecule has 0 spiro atoms. The molecule has 0 bridgehead atoms. The van der Waals surface area contributed by atoms with Crippen LogP contribution < -0.4 is 10.1 Å². The lowest BCUT2D eigenvalue weighted by Crippen LogP contribution is -2.39. The molecule has 0 aromatic heterocycles. The predicted molar refractivity (Wildman–Crippen MR) is 105 cm³/mol. The van der Waals surface area contributed by atoms with Gasteiger partial charge >= 0.3 is 0 Å². The summed E-state index contributed by atoms with van der Waals surface area (Å²) in [5.41, 5.74) is 1.66. The number of carbonyl (C=O) groups is 2. The Morgan fingerprint density at radius 3 is 2.48 bits per heavy atom. The molecule has 1 aliphatic heterocycles. The molecule has 3 rings (SSSR count). The SMILES string of the molecule is COc1cccc([C@H]2CN(C(=O)c3ccccc3)C[C@H]2C(=O)NC(C)C)c1. The monoisotopic (exact) mass is 366 g/mol. The molecule has 1 heterocycles. The van der Waals surface area contributed by atoms with Gasteiger partial charge in [0.1, 0.15) is 5.75 Å². The van der Waals surface area contributed by atoms with Gasteiger partial charge in [-0.05, 0) is 43.7 Å². The molecule has 2 atom stereocenters. The van der Waals surface area contributed by atoms with Crippen LogP contribution in [-0.2, 0) is 4.79 Å². The number of nitrogens with one attached hydrogen (secondary N) is 1. The Hall–Kier alpha value is -2.82. The number of rotatable bonds is 5. The fourth-order valence-electron chi connectivity index (χ4n) is 3.60. The van der Waals surface area contributed by atoms with Crippen LogP contribution in [0.3, 0.4) is 0 Å². The van der Waals surface area contributed by atoms with E-state index in [1.807, 2.05) is 68.4 Å². The second-order valence-corrected chi connectivity index (χ2v) is 7.23. The van der Waals surface area contributed by atoms with Crippen LogP contribution in [0, 0.1) is 5.92 Å². The van der Waals surface area contributed by atoms with Crippen molar-refractivity contribution >= 4 is 11.8 Å². The van der Waals surface area contributed by atoms with Gasteiger partial charge in [-0.25, -0.2) is 0 Å². The molecule has 0 radical (unpaired) electrons. The van der Waals surface area contributed by atoms with E-state index in [0.717, 1.165) is 11.3 Å². The van der Waals surface area contributed by atoms with E-state index in [4.69, 9.17) is 4.74 Å². The maximum Gasteiger partial charge on any atom is 0.253 e. The van der Waals surface area contributed by atoms with Gasteiger partial charge in [0.25, 0.3) is 5.91 Å². The van der Waals surface area contributed by atoms with Gasteiger partial charge in [-0.3, -0.25) is 9.59 Å². The van der Waals surface area contributed by atoms with Gasteiger partial charge in [0.05, 0.1) is 13.0 Å². The first-order valence-electron chi connectivity index (χ1n) is 9.28.